The van der Waals surface area contributed by atoms with Crippen molar-refractivity contribution in [1.29, 1.82) is 0 Å². The molecule has 0 aliphatic rings. The van der Waals surface area contributed by atoms with Crippen molar-refractivity contribution in [3.8, 4) is 0 Å². The van der Waals surface area contributed by atoms with E-state index < -0.39 is 13.9 Å². The third kappa shape index (κ3) is 4.84. The molecular weight excluding hydrogens is 195 g/mol. The molecule has 0 aromatic carbocycles. The zero-order chi connectivity index (χ0) is 10.7. The van der Waals surface area contributed by atoms with Gasteiger partial charge in [0.05, 0.1) is 0 Å². The van der Waals surface area contributed by atoms with Gasteiger partial charge in [0.2, 0.25) is 0 Å². The van der Waals surface area contributed by atoms with Crippen LogP contribution in [0.15, 0.2) is 0 Å². The van der Waals surface area contributed by atoms with Crippen LogP contribution in [-0.2, 0) is 4.52 Å². The average Bonchev–Trinajstić information content (AvgIpc) is 1.83. The van der Waals surface area contributed by atoms with Crippen LogP contribution in [0.2, 0.25) is 0 Å². The van der Waals surface area contributed by atoms with Crippen LogP contribution in [0.1, 0.15) is 34.6 Å². The highest BCUT2D eigenvalue weighted by atomic mass is 31.3. The zero-order valence-corrected chi connectivity index (χ0v) is 9.87. The molecule has 0 aromatic rings. The van der Waals surface area contributed by atoms with Crippen molar-refractivity contribution in [3.63, 3.8) is 0 Å². The fraction of sp³-hybridized carbons (Fsp3) is 1.00. The number of halogens is 2. The van der Waals surface area contributed by atoms with E-state index in [9.17, 15) is 8.39 Å². The summed E-state index contributed by atoms with van der Waals surface area (Å²) >= 11 is 0. The molecule has 13 heavy (non-hydrogen) atoms. The number of hydrogen-bond donors (Lipinski definition) is 0. The van der Waals surface area contributed by atoms with Crippen molar-refractivity contribution in [2.75, 3.05) is 13.1 Å². The summed E-state index contributed by atoms with van der Waals surface area (Å²) in [5.74, 6) is 0. The molecule has 0 aliphatic heterocycles. The molecule has 0 rings (SSSR count). The molecule has 0 saturated heterocycles. The minimum atomic E-state index is -4.34. The first-order chi connectivity index (χ1) is 5.73. The van der Waals surface area contributed by atoms with Gasteiger partial charge in [-0.05, 0) is 34.6 Å². The molecule has 0 unspecified atom stereocenters. The standard InChI is InChI=1S/C8H19F2NOP/c1-6-11(7-2)13(9,10)12-8(3,4)5/h6-7H2,1-5H3/q+1. The van der Waals surface area contributed by atoms with Gasteiger partial charge in [0.1, 0.15) is 5.60 Å². The molecular formula is C8H19F2NOP+. The molecule has 0 bridgehead atoms. The molecule has 0 N–H and O–H groups in total. The van der Waals surface area contributed by atoms with Gasteiger partial charge in [-0.25, -0.2) is 0 Å². The van der Waals surface area contributed by atoms with Crippen molar-refractivity contribution >= 4 is 8.26 Å². The van der Waals surface area contributed by atoms with Crippen LogP contribution >= 0.6 is 8.26 Å². The lowest BCUT2D eigenvalue weighted by Crippen LogP contribution is -2.27. The lowest BCUT2D eigenvalue weighted by atomic mass is 10.2. The molecule has 0 aromatic heterocycles. The van der Waals surface area contributed by atoms with Gasteiger partial charge in [0, 0.05) is 21.5 Å². The lowest BCUT2D eigenvalue weighted by molar-refractivity contribution is 0.0964. The molecule has 5 heteroatoms. The van der Waals surface area contributed by atoms with Crippen molar-refractivity contribution in [1.82, 2.24) is 4.67 Å². The second-order valence-electron chi connectivity index (χ2n) is 3.78. The third-order valence-electron chi connectivity index (χ3n) is 1.44. The molecule has 0 atom stereocenters. The van der Waals surface area contributed by atoms with Crippen LogP contribution in [0.4, 0.5) is 8.39 Å². The van der Waals surface area contributed by atoms with E-state index in [1.165, 1.54) is 0 Å². The second-order valence-corrected chi connectivity index (χ2v) is 5.40. The van der Waals surface area contributed by atoms with Gasteiger partial charge >= 0.3 is 8.26 Å². The smallest absolute Gasteiger partial charge is 0.150 e. The summed E-state index contributed by atoms with van der Waals surface area (Å²) in [6.07, 6.45) is 0. The highest BCUT2D eigenvalue weighted by molar-refractivity contribution is 7.58. The monoisotopic (exact) mass is 214 g/mol. The maximum absolute atomic E-state index is 13.4. The Balaban J connectivity index is 4.36. The molecule has 2 nitrogen and oxygen atoms in total. The lowest BCUT2D eigenvalue weighted by Gasteiger charge is -2.22. The Bertz CT molecular complexity index is 155. The minimum Gasteiger partial charge on any atom is -0.150 e. The summed E-state index contributed by atoms with van der Waals surface area (Å²) in [4.78, 5) is 0. The van der Waals surface area contributed by atoms with Crippen molar-refractivity contribution in [2.24, 2.45) is 0 Å². The maximum atomic E-state index is 13.4. The van der Waals surface area contributed by atoms with Gasteiger partial charge in [-0.3, -0.25) is 0 Å². The van der Waals surface area contributed by atoms with E-state index >= 15 is 0 Å². The highest BCUT2D eigenvalue weighted by Crippen LogP contribution is 2.68. The number of hydrogen-bond acceptors (Lipinski definition) is 2. The summed E-state index contributed by atoms with van der Waals surface area (Å²) in [7, 11) is -4.34. The molecule has 80 valence electrons. The van der Waals surface area contributed by atoms with Crippen LogP contribution in [0, 0.1) is 0 Å². The van der Waals surface area contributed by atoms with Crippen LogP contribution in [0.25, 0.3) is 0 Å². The Kier molecular flexibility index (Phi) is 4.70. The molecule has 0 radical (unpaired) electrons. The van der Waals surface area contributed by atoms with E-state index in [1.54, 1.807) is 34.6 Å². The van der Waals surface area contributed by atoms with Gasteiger partial charge in [0.15, 0.2) is 0 Å². The fourth-order valence-electron chi connectivity index (χ4n) is 0.940. The van der Waals surface area contributed by atoms with Crippen molar-refractivity contribution < 1.29 is 12.9 Å². The zero-order valence-electron chi connectivity index (χ0n) is 8.97. The maximum Gasteiger partial charge on any atom is 0.603 e. The molecule has 0 saturated carbocycles. The van der Waals surface area contributed by atoms with Gasteiger partial charge in [0.25, 0.3) is 0 Å². The molecule has 0 spiro atoms. The first kappa shape index (κ1) is 13.2. The summed E-state index contributed by atoms with van der Waals surface area (Å²) in [5, 5.41) is 0. The largest absolute Gasteiger partial charge is 0.603 e. The highest BCUT2D eigenvalue weighted by Gasteiger charge is 2.54. The molecule has 0 heterocycles. The van der Waals surface area contributed by atoms with Gasteiger partial charge in [-0.15, -0.1) is 4.52 Å². The first-order valence-corrected chi connectivity index (χ1v) is 5.91. The van der Waals surface area contributed by atoms with E-state index in [4.69, 9.17) is 4.52 Å². The summed E-state index contributed by atoms with van der Waals surface area (Å²) in [6.45, 7) is 9.01. The Morgan fingerprint density at radius 2 is 1.54 bits per heavy atom. The summed E-state index contributed by atoms with van der Waals surface area (Å²) < 4.78 is 32.7. The average molecular weight is 214 g/mol. The number of nitrogens with zero attached hydrogens (tertiary/aromatic N) is 1. The topological polar surface area (TPSA) is 12.5 Å². The number of rotatable bonds is 4. The van der Waals surface area contributed by atoms with E-state index in [0.717, 1.165) is 4.67 Å². The SMILES string of the molecule is CCN(CC)[P+](F)(F)OC(C)(C)C. The fourth-order valence-corrected chi connectivity index (χ4v) is 2.37. The summed E-state index contributed by atoms with van der Waals surface area (Å²) in [6, 6.07) is 0. The molecule has 0 amide bonds. The second kappa shape index (κ2) is 4.63. The van der Waals surface area contributed by atoms with E-state index in [2.05, 4.69) is 0 Å². The Labute approximate surface area is 80.0 Å². The van der Waals surface area contributed by atoms with Crippen LogP contribution in [0.5, 0.6) is 0 Å². The Morgan fingerprint density at radius 1 is 1.15 bits per heavy atom. The van der Waals surface area contributed by atoms with Gasteiger partial charge in [-0.2, -0.15) is 0 Å². The molecule has 0 aliphatic carbocycles. The van der Waals surface area contributed by atoms with Crippen molar-refractivity contribution in [2.45, 2.75) is 40.2 Å². The van der Waals surface area contributed by atoms with E-state index in [0.29, 0.717) is 13.1 Å². The normalized spacial score (nSPS) is 13.8. The minimum absolute atomic E-state index is 0.327. The quantitative estimate of drug-likeness (QED) is 0.660. The van der Waals surface area contributed by atoms with Crippen LogP contribution < -0.4 is 0 Å². The Hall–Kier alpha value is 0.210. The van der Waals surface area contributed by atoms with Gasteiger partial charge in [-0.1, -0.05) is 4.67 Å². The predicted octanol–water partition coefficient (Wildman–Crippen LogP) is 3.76. The van der Waals surface area contributed by atoms with E-state index in [1.807, 2.05) is 0 Å². The van der Waals surface area contributed by atoms with Crippen LogP contribution in [0.3, 0.4) is 0 Å². The van der Waals surface area contributed by atoms with E-state index in [-0.39, 0.29) is 0 Å². The summed E-state index contributed by atoms with van der Waals surface area (Å²) in [5.41, 5.74) is -0.778. The third-order valence-corrected chi connectivity index (χ3v) is 3.43. The first-order valence-electron chi connectivity index (χ1n) is 4.47. The predicted molar refractivity (Wildman–Crippen MR) is 52.9 cm³/mol. The Morgan fingerprint density at radius 3 is 1.77 bits per heavy atom. The molecule has 0 fully saturated rings. The van der Waals surface area contributed by atoms with Crippen LogP contribution in [-0.4, -0.2) is 23.4 Å². The van der Waals surface area contributed by atoms with Gasteiger partial charge < -0.3 is 0 Å². The van der Waals surface area contributed by atoms with Crippen molar-refractivity contribution in [3.05, 3.63) is 0 Å².